The number of ether oxygens (including phenoxy) is 3. The number of rotatable bonds is 15. The molecule has 0 saturated carbocycles. The molecule has 64 heavy (non-hydrogen) atoms. The Bertz CT molecular complexity index is 2570. The number of anilines is 9. The fraction of sp³-hybridized carbons (Fsp3) is 0.0690. The van der Waals surface area contributed by atoms with Crippen LogP contribution in [0.1, 0.15) is 22.6 Å². The molecule has 0 aliphatic carbocycles. The molecule has 0 aromatic heterocycles. The molecular formula is C58H49N3O3. The molecule has 0 unspecified atom stereocenters. The van der Waals surface area contributed by atoms with Gasteiger partial charge in [-0.05, 0) is 126 Å². The van der Waals surface area contributed by atoms with Crippen LogP contribution in [0.4, 0.5) is 51.2 Å². The second kappa shape index (κ2) is 19.2. The molecule has 9 aromatic carbocycles. The van der Waals surface area contributed by atoms with Gasteiger partial charge < -0.3 is 28.9 Å². The molecule has 0 aliphatic rings. The zero-order chi connectivity index (χ0) is 43.7. The van der Waals surface area contributed by atoms with E-state index in [1.54, 1.807) is 21.3 Å². The molecule has 0 aliphatic heterocycles. The first-order chi connectivity index (χ1) is 31.6. The van der Waals surface area contributed by atoms with E-state index in [9.17, 15) is 0 Å². The Kier molecular flexibility index (Phi) is 12.4. The molecule has 0 spiro atoms. The lowest BCUT2D eigenvalue weighted by Gasteiger charge is -2.28. The smallest absolute Gasteiger partial charge is 0.120 e. The Morgan fingerprint density at radius 1 is 0.250 bits per heavy atom. The maximum atomic E-state index is 5.65. The predicted octanol–water partition coefficient (Wildman–Crippen LogP) is 15.3. The molecule has 0 atom stereocenters. The Morgan fingerprint density at radius 2 is 0.484 bits per heavy atom. The van der Waals surface area contributed by atoms with E-state index in [1.807, 2.05) is 54.6 Å². The summed E-state index contributed by atoms with van der Waals surface area (Å²) in [6, 6.07) is 82.8. The van der Waals surface area contributed by atoms with Gasteiger partial charge in [0.1, 0.15) is 17.2 Å². The third kappa shape index (κ3) is 8.89. The summed E-state index contributed by atoms with van der Waals surface area (Å²) in [4.78, 5) is 6.79. The van der Waals surface area contributed by atoms with Crippen LogP contribution in [0.15, 0.2) is 237 Å². The van der Waals surface area contributed by atoms with Crippen molar-refractivity contribution in [2.75, 3.05) is 36.0 Å². The lowest BCUT2D eigenvalue weighted by atomic mass is 9.84. The van der Waals surface area contributed by atoms with E-state index < -0.39 is 0 Å². The van der Waals surface area contributed by atoms with E-state index in [2.05, 4.69) is 197 Å². The molecule has 0 amide bonds. The molecule has 9 rings (SSSR count). The van der Waals surface area contributed by atoms with E-state index in [-0.39, 0.29) is 5.92 Å². The third-order valence-corrected chi connectivity index (χ3v) is 11.4. The fourth-order valence-electron chi connectivity index (χ4n) is 8.35. The molecule has 0 N–H and O–H groups in total. The fourth-order valence-corrected chi connectivity index (χ4v) is 8.35. The molecule has 314 valence electrons. The van der Waals surface area contributed by atoms with E-state index in [0.717, 1.165) is 68.4 Å². The van der Waals surface area contributed by atoms with Crippen molar-refractivity contribution in [1.82, 2.24) is 0 Å². The van der Waals surface area contributed by atoms with Crippen molar-refractivity contribution >= 4 is 51.2 Å². The number of para-hydroxylation sites is 3. The molecule has 0 saturated heterocycles. The van der Waals surface area contributed by atoms with Crippen molar-refractivity contribution in [3.8, 4) is 17.2 Å². The van der Waals surface area contributed by atoms with Crippen LogP contribution < -0.4 is 28.9 Å². The van der Waals surface area contributed by atoms with Crippen molar-refractivity contribution in [2.45, 2.75) is 5.92 Å². The molecule has 0 heterocycles. The lowest BCUT2D eigenvalue weighted by Crippen LogP contribution is -2.12. The van der Waals surface area contributed by atoms with Gasteiger partial charge in [-0.25, -0.2) is 0 Å². The SMILES string of the molecule is COc1cccc(N(c2ccccc2)c2ccc(C(c3ccc(N(c4ccccc4)c4cccc(OC)c4)cc3)c3ccc(N(c4ccccc4)c4cccc(OC)c4)cc3)cc2)c1. The van der Waals surface area contributed by atoms with Gasteiger partial charge in [0.2, 0.25) is 0 Å². The number of methoxy groups -OCH3 is 3. The number of benzene rings is 9. The number of hydrogen-bond acceptors (Lipinski definition) is 6. The first-order valence-electron chi connectivity index (χ1n) is 21.4. The van der Waals surface area contributed by atoms with Crippen LogP contribution in [0.2, 0.25) is 0 Å². The first kappa shape index (κ1) is 41.1. The second-order valence-electron chi connectivity index (χ2n) is 15.3. The van der Waals surface area contributed by atoms with Gasteiger partial charge >= 0.3 is 0 Å². The molecule has 6 heteroatoms. The Balaban J connectivity index is 1.14. The predicted molar refractivity (Wildman–Crippen MR) is 264 cm³/mol. The van der Waals surface area contributed by atoms with E-state index in [1.165, 1.54) is 16.7 Å². The Labute approximate surface area is 376 Å². The van der Waals surface area contributed by atoms with Crippen LogP contribution in [0.5, 0.6) is 17.2 Å². The maximum Gasteiger partial charge on any atom is 0.120 e. The van der Waals surface area contributed by atoms with Gasteiger partial charge in [-0.15, -0.1) is 0 Å². The first-order valence-corrected chi connectivity index (χ1v) is 21.4. The van der Waals surface area contributed by atoms with Crippen molar-refractivity contribution < 1.29 is 14.2 Å². The van der Waals surface area contributed by atoms with E-state index >= 15 is 0 Å². The Morgan fingerprint density at radius 3 is 0.734 bits per heavy atom. The minimum absolute atomic E-state index is 0.0804. The van der Waals surface area contributed by atoms with Crippen LogP contribution in [0, 0.1) is 0 Å². The highest BCUT2D eigenvalue weighted by atomic mass is 16.5. The van der Waals surface area contributed by atoms with Crippen molar-refractivity contribution in [1.29, 1.82) is 0 Å². The molecule has 0 bridgehead atoms. The van der Waals surface area contributed by atoms with Gasteiger partial charge in [0.15, 0.2) is 0 Å². The van der Waals surface area contributed by atoms with Crippen molar-refractivity contribution in [3.05, 3.63) is 253 Å². The summed E-state index contributed by atoms with van der Waals surface area (Å²) < 4.78 is 16.9. The van der Waals surface area contributed by atoms with E-state index in [4.69, 9.17) is 14.2 Å². The van der Waals surface area contributed by atoms with Gasteiger partial charge in [-0.3, -0.25) is 0 Å². The van der Waals surface area contributed by atoms with Crippen LogP contribution in [-0.2, 0) is 0 Å². The lowest BCUT2D eigenvalue weighted by molar-refractivity contribution is 0.415. The summed E-state index contributed by atoms with van der Waals surface area (Å²) >= 11 is 0. The van der Waals surface area contributed by atoms with Crippen LogP contribution in [0.3, 0.4) is 0 Å². The third-order valence-electron chi connectivity index (χ3n) is 11.4. The second-order valence-corrected chi connectivity index (χ2v) is 15.3. The molecule has 9 aromatic rings. The highest BCUT2D eigenvalue weighted by molar-refractivity contribution is 5.80. The van der Waals surface area contributed by atoms with Gasteiger partial charge in [0.25, 0.3) is 0 Å². The minimum Gasteiger partial charge on any atom is -0.497 e. The number of nitrogens with zero attached hydrogens (tertiary/aromatic N) is 3. The summed E-state index contributed by atoms with van der Waals surface area (Å²) in [6.07, 6.45) is 0. The van der Waals surface area contributed by atoms with Gasteiger partial charge in [-0.1, -0.05) is 109 Å². The largest absolute Gasteiger partial charge is 0.497 e. The summed E-state index contributed by atoms with van der Waals surface area (Å²) in [5.41, 5.74) is 12.9. The van der Waals surface area contributed by atoms with Gasteiger partial charge in [-0.2, -0.15) is 0 Å². The zero-order valence-corrected chi connectivity index (χ0v) is 36.2. The maximum absolute atomic E-state index is 5.65. The average molecular weight is 836 g/mol. The summed E-state index contributed by atoms with van der Waals surface area (Å²) in [5, 5.41) is 0. The zero-order valence-electron chi connectivity index (χ0n) is 36.2. The van der Waals surface area contributed by atoms with Crippen LogP contribution in [-0.4, -0.2) is 21.3 Å². The monoisotopic (exact) mass is 835 g/mol. The summed E-state index contributed by atoms with van der Waals surface area (Å²) in [5.74, 6) is 2.33. The highest BCUT2D eigenvalue weighted by Gasteiger charge is 2.22. The van der Waals surface area contributed by atoms with Crippen LogP contribution in [0.25, 0.3) is 0 Å². The normalized spacial score (nSPS) is 10.9. The standard InChI is InChI=1S/C58H49N3O3/c1-62-55-25-13-22-52(40-55)59(46-16-7-4-8-17-46)49-34-28-43(29-35-49)58(44-30-36-50(37-31-44)60(47-18-9-5-10-19-47)53-23-14-26-56(41-53)63-2)45-32-38-51(39-33-45)61(48-20-11-6-12-21-48)54-24-15-27-57(42-54)64-3/h4-42,58H,1-3H3. The highest BCUT2D eigenvalue weighted by Crippen LogP contribution is 2.42. The Hall–Kier alpha value is -8.22. The topological polar surface area (TPSA) is 37.4 Å². The minimum atomic E-state index is -0.0804. The summed E-state index contributed by atoms with van der Waals surface area (Å²) in [7, 11) is 5.11. The van der Waals surface area contributed by atoms with E-state index in [0.29, 0.717) is 0 Å². The van der Waals surface area contributed by atoms with Crippen molar-refractivity contribution in [2.24, 2.45) is 0 Å². The molecule has 0 radical (unpaired) electrons. The van der Waals surface area contributed by atoms with Gasteiger partial charge in [0, 0.05) is 75.3 Å². The summed E-state index contributed by atoms with van der Waals surface area (Å²) in [6.45, 7) is 0. The van der Waals surface area contributed by atoms with Crippen molar-refractivity contribution in [3.63, 3.8) is 0 Å². The number of hydrogen-bond donors (Lipinski definition) is 0. The van der Waals surface area contributed by atoms with Gasteiger partial charge in [0.05, 0.1) is 21.3 Å². The average Bonchev–Trinajstić information content (AvgIpc) is 3.37. The molecular weight excluding hydrogens is 787 g/mol. The van der Waals surface area contributed by atoms with Crippen LogP contribution >= 0.6 is 0 Å². The quantitative estimate of drug-likeness (QED) is 0.0958. The molecule has 0 fully saturated rings. The molecule has 6 nitrogen and oxygen atoms in total.